The summed E-state index contributed by atoms with van der Waals surface area (Å²) in [5, 5.41) is 0. The molecule has 1 aliphatic rings. The average molecular weight is 354 g/mol. The van der Waals surface area contributed by atoms with Gasteiger partial charge in [0.05, 0.1) is 23.3 Å². The summed E-state index contributed by atoms with van der Waals surface area (Å²) in [7, 11) is 0. The Morgan fingerprint density at radius 1 is 1.00 bits per heavy atom. The van der Waals surface area contributed by atoms with Gasteiger partial charge >= 0.3 is 18.3 Å². The van der Waals surface area contributed by atoms with Crippen molar-refractivity contribution in [3.05, 3.63) is 34.9 Å². The summed E-state index contributed by atoms with van der Waals surface area (Å²) in [6.07, 6.45) is -5.26. The molecule has 1 saturated carbocycles. The molecular formula is C16H16F6O2. The molecule has 0 amide bonds. The molecular weight excluding hydrogens is 338 g/mol. The number of carbonyl (C=O) groups is 1. The van der Waals surface area contributed by atoms with E-state index < -0.39 is 35.0 Å². The van der Waals surface area contributed by atoms with Gasteiger partial charge in [-0.15, -0.1) is 0 Å². The van der Waals surface area contributed by atoms with Crippen LogP contribution in [0.4, 0.5) is 26.3 Å². The van der Waals surface area contributed by atoms with E-state index in [2.05, 4.69) is 0 Å². The van der Waals surface area contributed by atoms with Crippen LogP contribution in [0.25, 0.3) is 0 Å². The second kappa shape index (κ2) is 7.03. The highest BCUT2D eigenvalue weighted by Gasteiger charge is 2.39. The molecule has 0 radical (unpaired) electrons. The van der Waals surface area contributed by atoms with Crippen LogP contribution in [-0.4, -0.2) is 12.6 Å². The van der Waals surface area contributed by atoms with Crippen molar-refractivity contribution in [2.45, 2.75) is 44.5 Å². The highest BCUT2D eigenvalue weighted by atomic mass is 19.4. The van der Waals surface area contributed by atoms with Gasteiger partial charge < -0.3 is 4.74 Å². The number of hydrogen-bond acceptors (Lipinski definition) is 2. The minimum atomic E-state index is -4.94. The Bertz CT molecular complexity index is 585. The lowest BCUT2D eigenvalue weighted by Gasteiger charge is -2.21. The molecule has 0 spiro atoms. The normalized spacial score (nSPS) is 16.9. The molecule has 0 atom stereocenters. The van der Waals surface area contributed by atoms with Crippen molar-refractivity contribution < 1.29 is 35.9 Å². The zero-order chi connectivity index (χ0) is 18.0. The van der Waals surface area contributed by atoms with Crippen LogP contribution in [-0.2, 0) is 17.1 Å². The van der Waals surface area contributed by atoms with Gasteiger partial charge in [0.2, 0.25) is 0 Å². The topological polar surface area (TPSA) is 26.3 Å². The van der Waals surface area contributed by atoms with E-state index in [0.717, 1.165) is 32.1 Å². The number of esters is 1. The van der Waals surface area contributed by atoms with Gasteiger partial charge in [0.15, 0.2) is 0 Å². The summed E-state index contributed by atoms with van der Waals surface area (Å²) in [6, 6.07) is 0.771. The lowest BCUT2D eigenvalue weighted by Crippen LogP contribution is -2.20. The second-order valence-electron chi connectivity index (χ2n) is 5.86. The van der Waals surface area contributed by atoms with Crippen molar-refractivity contribution in [1.82, 2.24) is 0 Å². The van der Waals surface area contributed by atoms with Gasteiger partial charge in [-0.25, -0.2) is 4.79 Å². The Kier molecular flexibility index (Phi) is 5.45. The number of halogens is 6. The molecule has 24 heavy (non-hydrogen) atoms. The molecule has 0 heterocycles. The Hall–Kier alpha value is -1.73. The van der Waals surface area contributed by atoms with Crippen molar-refractivity contribution in [2.75, 3.05) is 6.61 Å². The Morgan fingerprint density at radius 2 is 1.62 bits per heavy atom. The van der Waals surface area contributed by atoms with Gasteiger partial charge in [0.1, 0.15) is 0 Å². The zero-order valence-corrected chi connectivity index (χ0v) is 12.6. The molecule has 1 aliphatic carbocycles. The summed E-state index contributed by atoms with van der Waals surface area (Å²) >= 11 is 0. The average Bonchev–Trinajstić information content (AvgIpc) is 2.51. The van der Waals surface area contributed by atoms with Crippen LogP contribution < -0.4 is 0 Å². The lowest BCUT2D eigenvalue weighted by atomic mass is 9.90. The molecule has 2 rings (SSSR count). The Morgan fingerprint density at radius 3 is 2.17 bits per heavy atom. The third kappa shape index (κ3) is 4.64. The third-order valence-corrected chi connectivity index (χ3v) is 4.05. The van der Waals surface area contributed by atoms with Crippen molar-refractivity contribution in [3.8, 4) is 0 Å². The molecule has 0 aromatic heterocycles. The van der Waals surface area contributed by atoms with Crippen LogP contribution in [0, 0.1) is 5.92 Å². The molecule has 0 saturated heterocycles. The van der Waals surface area contributed by atoms with Gasteiger partial charge in [0, 0.05) is 0 Å². The van der Waals surface area contributed by atoms with Crippen molar-refractivity contribution >= 4 is 5.97 Å². The number of benzene rings is 1. The maximum atomic E-state index is 12.9. The summed E-state index contributed by atoms with van der Waals surface area (Å²) < 4.78 is 81.8. The smallest absolute Gasteiger partial charge is 0.417 e. The summed E-state index contributed by atoms with van der Waals surface area (Å²) in [5.41, 5.74) is -3.85. The van der Waals surface area contributed by atoms with Gasteiger partial charge in [0.25, 0.3) is 0 Å². The maximum absolute atomic E-state index is 12.9. The van der Waals surface area contributed by atoms with E-state index in [4.69, 9.17) is 4.74 Å². The van der Waals surface area contributed by atoms with Crippen LogP contribution in [0.15, 0.2) is 18.2 Å². The molecule has 0 bridgehead atoms. The fourth-order valence-corrected chi connectivity index (χ4v) is 2.76. The second-order valence-corrected chi connectivity index (χ2v) is 5.86. The number of carbonyl (C=O) groups excluding carboxylic acids is 1. The fourth-order valence-electron chi connectivity index (χ4n) is 2.76. The number of hydrogen-bond donors (Lipinski definition) is 0. The fraction of sp³-hybridized carbons (Fsp3) is 0.562. The van der Waals surface area contributed by atoms with E-state index in [1.807, 2.05) is 0 Å². The number of rotatable bonds is 3. The van der Waals surface area contributed by atoms with Crippen LogP contribution >= 0.6 is 0 Å². The number of alkyl halides is 6. The van der Waals surface area contributed by atoms with E-state index in [9.17, 15) is 31.1 Å². The van der Waals surface area contributed by atoms with Gasteiger partial charge in [-0.3, -0.25) is 0 Å². The summed E-state index contributed by atoms with van der Waals surface area (Å²) in [4.78, 5) is 11.9. The SMILES string of the molecule is O=C(OCC1CCCCC1)c1cc(C(F)(F)F)ccc1C(F)(F)F. The minimum Gasteiger partial charge on any atom is -0.462 e. The molecule has 0 N–H and O–H groups in total. The van der Waals surface area contributed by atoms with Crippen molar-refractivity contribution in [3.63, 3.8) is 0 Å². The molecule has 2 nitrogen and oxygen atoms in total. The molecule has 1 aromatic rings. The van der Waals surface area contributed by atoms with E-state index in [1.54, 1.807) is 0 Å². The third-order valence-electron chi connectivity index (χ3n) is 4.05. The highest BCUT2D eigenvalue weighted by Crippen LogP contribution is 2.37. The zero-order valence-electron chi connectivity index (χ0n) is 12.6. The first-order chi connectivity index (χ1) is 11.1. The first-order valence-electron chi connectivity index (χ1n) is 7.54. The summed E-state index contributed by atoms with van der Waals surface area (Å²) in [6.45, 7) is -0.0770. The largest absolute Gasteiger partial charge is 0.462 e. The van der Waals surface area contributed by atoms with Gasteiger partial charge in [-0.05, 0) is 37.0 Å². The standard InChI is InChI=1S/C16H16F6O2/c17-15(18,19)11-6-7-13(16(20,21)22)12(8-11)14(23)24-9-10-4-2-1-3-5-10/h6-8,10H,1-5,9H2. The van der Waals surface area contributed by atoms with Gasteiger partial charge in [-0.1, -0.05) is 19.3 Å². The van der Waals surface area contributed by atoms with Crippen LogP contribution in [0.5, 0.6) is 0 Å². The van der Waals surface area contributed by atoms with E-state index in [1.165, 1.54) is 0 Å². The molecule has 1 fully saturated rings. The van der Waals surface area contributed by atoms with E-state index >= 15 is 0 Å². The predicted molar refractivity (Wildman–Crippen MR) is 73.3 cm³/mol. The summed E-state index contributed by atoms with van der Waals surface area (Å²) in [5.74, 6) is -1.33. The van der Waals surface area contributed by atoms with Crippen LogP contribution in [0.3, 0.4) is 0 Å². The molecule has 1 aromatic carbocycles. The number of ether oxygens (including phenoxy) is 1. The Balaban J connectivity index is 2.22. The maximum Gasteiger partial charge on any atom is 0.417 e. The van der Waals surface area contributed by atoms with Crippen molar-refractivity contribution in [1.29, 1.82) is 0 Å². The van der Waals surface area contributed by atoms with Crippen LogP contribution in [0.1, 0.15) is 53.6 Å². The first kappa shape index (κ1) is 18.6. The molecule has 0 unspecified atom stereocenters. The monoisotopic (exact) mass is 354 g/mol. The van der Waals surface area contributed by atoms with Crippen LogP contribution in [0.2, 0.25) is 0 Å². The quantitative estimate of drug-likeness (QED) is 0.532. The highest BCUT2D eigenvalue weighted by molar-refractivity contribution is 5.91. The lowest BCUT2D eigenvalue weighted by molar-refractivity contribution is -0.141. The molecule has 0 aliphatic heterocycles. The minimum absolute atomic E-state index is 0.0443. The predicted octanol–water partition coefficient (Wildman–Crippen LogP) is 5.46. The van der Waals surface area contributed by atoms with E-state index in [0.29, 0.717) is 6.07 Å². The first-order valence-corrected chi connectivity index (χ1v) is 7.54. The van der Waals surface area contributed by atoms with Gasteiger partial charge in [-0.2, -0.15) is 26.3 Å². The van der Waals surface area contributed by atoms with E-state index in [-0.39, 0.29) is 24.7 Å². The van der Waals surface area contributed by atoms with Crippen molar-refractivity contribution in [2.24, 2.45) is 5.92 Å². The molecule has 134 valence electrons. The molecule has 8 heteroatoms. The Labute approximate surface area is 134 Å².